The van der Waals surface area contributed by atoms with Crippen LogP contribution in [0.15, 0.2) is 18.2 Å². The van der Waals surface area contributed by atoms with E-state index < -0.39 is 4.92 Å². The molecule has 1 atom stereocenters. The molecule has 0 radical (unpaired) electrons. The van der Waals surface area contributed by atoms with Crippen LogP contribution < -0.4 is 5.32 Å². The molecule has 1 aliphatic carbocycles. The number of non-ortho nitro benzene ring substituents is 1. The molecule has 0 spiro atoms. The van der Waals surface area contributed by atoms with Gasteiger partial charge in [-0.3, -0.25) is 15.0 Å². The van der Waals surface area contributed by atoms with Gasteiger partial charge < -0.3 is 5.32 Å². The Kier molecular flexibility index (Phi) is 4.69. The standard InChI is InChI=1S/C16H22FN3O2/c17-15-6-5-13(20(21)22)11-14(15)16(12-3-1-2-4-12)19-9-7-18-8-10-19/h5-6,11-12,16,18H,1-4,7-10H2/t16-/m1/s1. The minimum Gasteiger partial charge on any atom is -0.314 e. The van der Waals surface area contributed by atoms with Crippen molar-refractivity contribution >= 4 is 5.69 Å². The normalized spacial score (nSPS) is 21.9. The van der Waals surface area contributed by atoms with E-state index in [1.54, 1.807) is 0 Å². The van der Waals surface area contributed by atoms with Crippen LogP contribution in [0.4, 0.5) is 10.1 Å². The molecule has 0 unspecified atom stereocenters. The molecule has 1 aliphatic heterocycles. The van der Waals surface area contributed by atoms with Gasteiger partial charge in [-0.05, 0) is 24.8 Å². The molecule has 22 heavy (non-hydrogen) atoms. The van der Waals surface area contributed by atoms with E-state index in [9.17, 15) is 14.5 Å². The molecule has 0 aromatic heterocycles. The lowest BCUT2D eigenvalue weighted by Crippen LogP contribution is -2.46. The fourth-order valence-electron chi connectivity index (χ4n) is 3.85. The third-order valence-electron chi connectivity index (χ3n) is 4.90. The zero-order chi connectivity index (χ0) is 15.5. The van der Waals surface area contributed by atoms with Crippen molar-refractivity contribution in [1.29, 1.82) is 0 Å². The molecule has 1 N–H and O–H groups in total. The topological polar surface area (TPSA) is 58.4 Å². The minimum absolute atomic E-state index is 0.0190. The Balaban J connectivity index is 1.96. The highest BCUT2D eigenvalue weighted by Gasteiger charge is 2.34. The maximum atomic E-state index is 14.4. The van der Waals surface area contributed by atoms with Gasteiger partial charge >= 0.3 is 0 Å². The Morgan fingerprint density at radius 1 is 1.27 bits per heavy atom. The van der Waals surface area contributed by atoms with E-state index in [0.29, 0.717) is 11.5 Å². The number of nitrogens with zero attached hydrogens (tertiary/aromatic N) is 2. The van der Waals surface area contributed by atoms with Gasteiger partial charge in [0.1, 0.15) is 5.82 Å². The van der Waals surface area contributed by atoms with Gasteiger partial charge in [-0.25, -0.2) is 4.39 Å². The summed E-state index contributed by atoms with van der Waals surface area (Å²) in [5, 5.41) is 14.4. The summed E-state index contributed by atoms with van der Waals surface area (Å²) in [5.41, 5.74) is 0.484. The lowest BCUT2D eigenvalue weighted by molar-refractivity contribution is -0.385. The largest absolute Gasteiger partial charge is 0.314 e. The molecule has 3 rings (SSSR count). The second kappa shape index (κ2) is 6.71. The van der Waals surface area contributed by atoms with Crippen molar-refractivity contribution in [2.45, 2.75) is 31.7 Å². The monoisotopic (exact) mass is 307 g/mol. The van der Waals surface area contributed by atoms with Crippen LogP contribution in [0.1, 0.15) is 37.3 Å². The first-order valence-electron chi connectivity index (χ1n) is 8.05. The highest BCUT2D eigenvalue weighted by molar-refractivity contribution is 5.37. The van der Waals surface area contributed by atoms with Gasteiger partial charge in [0.25, 0.3) is 5.69 Å². The summed E-state index contributed by atoms with van der Waals surface area (Å²) in [4.78, 5) is 12.9. The molecular formula is C16H22FN3O2. The van der Waals surface area contributed by atoms with Gasteiger partial charge in [-0.15, -0.1) is 0 Å². The zero-order valence-electron chi connectivity index (χ0n) is 12.6. The van der Waals surface area contributed by atoms with Crippen molar-refractivity contribution in [3.8, 4) is 0 Å². The fraction of sp³-hybridized carbons (Fsp3) is 0.625. The quantitative estimate of drug-likeness (QED) is 0.686. The summed E-state index contributed by atoms with van der Waals surface area (Å²) in [6.45, 7) is 3.51. The zero-order valence-corrected chi connectivity index (χ0v) is 12.6. The number of rotatable bonds is 4. The fourth-order valence-corrected chi connectivity index (χ4v) is 3.85. The van der Waals surface area contributed by atoms with Crippen LogP contribution in [0, 0.1) is 21.8 Å². The van der Waals surface area contributed by atoms with Crippen molar-refractivity contribution in [1.82, 2.24) is 10.2 Å². The number of benzene rings is 1. The van der Waals surface area contributed by atoms with E-state index in [0.717, 1.165) is 39.0 Å². The molecule has 2 aliphatic rings. The smallest absolute Gasteiger partial charge is 0.269 e. The van der Waals surface area contributed by atoms with Gasteiger partial charge in [0.05, 0.1) is 4.92 Å². The minimum atomic E-state index is -0.438. The average molecular weight is 307 g/mol. The molecule has 6 heteroatoms. The average Bonchev–Trinajstić information content (AvgIpc) is 3.04. The van der Waals surface area contributed by atoms with Crippen LogP contribution in [-0.4, -0.2) is 36.0 Å². The first-order chi connectivity index (χ1) is 10.7. The molecule has 2 fully saturated rings. The second-order valence-corrected chi connectivity index (χ2v) is 6.24. The Hall–Kier alpha value is -1.53. The molecule has 1 saturated carbocycles. The number of nitrogens with one attached hydrogen (secondary N) is 1. The van der Waals surface area contributed by atoms with Crippen molar-refractivity contribution < 1.29 is 9.31 Å². The van der Waals surface area contributed by atoms with Gasteiger partial charge in [-0.1, -0.05) is 12.8 Å². The number of nitro benzene ring substituents is 1. The highest BCUT2D eigenvalue weighted by Crippen LogP contribution is 2.41. The summed E-state index contributed by atoms with van der Waals surface area (Å²) in [7, 11) is 0. The summed E-state index contributed by atoms with van der Waals surface area (Å²) in [6, 6.07) is 3.91. The molecule has 1 heterocycles. The van der Waals surface area contributed by atoms with Crippen molar-refractivity contribution in [3.63, 3.8) is 0 Å². The van der Waals surface area contributed by atoms with Crippen LogP contribution in [0.3, 0.4) is 0 Å². The number of hydrogen-bond acceptors (Lipinski definition) is 4. The van der Waals surface area contributed by atoms with Gasteiger partial charge in [-0.2, -0.15) is 0 Å². The number of hydrogen-bond donors (Lipinski definition) is 1. The lowest BCUT2D eigenvalue weighted by atomic mass is 9.89. The van der Waals surface area contributed by atoms with E-state index in [-0.39, 0.29) is 17.5 Å². The van der Waals surface area contributed by atoms with E-state index >= 15 is 0 Å². The summed E-state index contributed by atoms with van der Waals surface area (Å²) in [6.07, 6.45) is 4.50. The third kappa shape index (κ3) is 3.13. The molecule has 1 aromatic carbocycles. The molecular weight excluding hydrogens is 285 g/mol. The summed E-state index contributed by atoms with van der Waals surface area (Å²) in [5.74, 6) is 0.0793. The van der Waals surface area contributed by atoms with Crippen molar-refractivity contribution in [2.24, 2.45) is 5.92 Å². The van der Waals surface area contributed by atoms with Crippen LogP contribution in [-0.2, 0) is 0 Å². The molecule has 1 saturated heterocycles. The van der Waals surface area contributed by atoms with Gasteiger partial charge in [0.15, 0.2) is 0 Å². The maximum absolute atomic E-state index is 14.4. The SMILES string of the molecule is O=[N+]([O-])c1ccc(F)c([C@@H](C2CCCC2)N2CCNCC2)c1. The first-order valence-corrected chi connectivity index (χ1v) is 8.05. The van der Waals surface area contributed by atoms with Crippen LogP contribution in [0.5, 0.6) is 0 Å². The van der Waals surface area contributed by atoms with Crippen molar-refractivity contribution in [2.75, 3.05) is 26.2 Å². The first kappa shape index (κ1) is 15.4. The molecule has 120 valence electrons. The molecule has 1 aromatic rings. The molecule has 0 bridgehead atoms. The number of piperazine rings is 1. The maximum Gasteiger partial charge on any atom is 0.269 e. The Bertz CT molecular complexity index is 540. The van der Waals surface area contributed by atoms with E-state index in [2.05, 4.69) is 10.2 Å². The second-order valence-electron chi connectivity index (χ2n) is 6.24. The summed E-state index contributed by atoms with van der Waals surface area (Å²) < 4.78 is 14.4. The predicted octanol–water partition coefficient (Wildman–Crippen LogP) is 2.87. The van der Waals surface area contributed by atoms with Crippen LogP contribution in [0.25, 0.3) is 0 Å². The van der Waals surface area contributed by atoms with Crippen LogP contribution in [0.2, 0.25) is 0 Å². The predicted molar refractivity (Wildman–Crippen MR) is 82.2 cm³/mol. The highest BCUT2D eigenvalue weighted by atomic mass is 19.1. The number of nitro groups is 1. The molecule has 5 nitrogen and oxygen atoms in total. The Morgan fingerprint density at radius 3 is 2.59 bits per heavy atom. The Morgan fingerprint density at radius 2 is 1.95 bits per heavy atom. The lowest BCUT2D eigenvalue weighted by Gasteiger charge is -2.38. The van der Waals surface area contributed by atoms with E-state index in [4.69, 9.17) is 0 Å². The van der Waals surface area contributed by atoms with E-state index in [1.165, 1.54) is 31.0 Å². The van der Waals surface area contributed by atoms with Crippen LogP contribution >= 0.6 is 0 Å². The Labute approximate surface area is 129 Å². The van der Waals surface area contributed by atoms with Crippen molar-refractivity contribution in [3.05, 3.63) is 39.7 Å². The number of halogens is 1. The van der Waals surface area contributed by atoms with Gasteiger partial charge in [0.2, 0.25) is 0 Å². The molecule has 0 amide bonds. The third-order valence-corrected chi connectivity index (χ3v) is 4.90. The van der Waals surface area contributed by atoms with Gasteiger partial charge in [0, 0.05) is 49.9 Å². The summed E-state index contributed by atoms with van der Waals surface area (Å²) >= 11 is 0. The van der Waals surface area contributed by atoms with E-state index in [1.807, 2.05) is 0 Å².